The summed E-state index contributed by atoms with van der Waals surface area (Å²) >= 11 is 6.52. The number of halogens is 1. The molecule has 7 heteroatoms. The lowest BCUT2D eigenvalue weighted by molar-refractivity contribution is 0.101. The average Bonchev–Trinajstić information content (AvgIpc) is 2.69. The number of ether oxygens (including phenoxy) is 2. The van der Waals surface area contributed by atoms with Gasteiger partial charge in [0.2, 0.25) is 0 Å². The van der Waals surface area contributed by atoms with Gasteiger partial charge in [-0.2, -0.15) is 0 Å². The van der Waals surface area contributed by atoms with E-state index in [0.717, 1.165) is 36.1 Å². The maximum Gasteiger partial charge on any atom is 0.193 e. The van der Waals surface area contributed by atoms with Gasteiger partial charge in [-0.15, -0.1) is 0 Å². The van der Waals surface area contributed by atoms with Gasteiger partial charge in [0.15, 0.2) is 11.2 Å². The number of aromatic nitrogens is 1. The van der Waals surface area contributed by atoms with Crippen molar-refractivity contribution in [2.45, 2.75) is 51.6 Å². The van der Waals surface area contributed by atoms with Gasteiger partial charge < -0.3 is 14.5 Å². The molecule has 1 aromatic carbocycles. The van der Waals surface area contributed by atoms with Crippen molar-refractivity contribution in [1.29, 1.82) is 0 Å². The van der Waals surface area contributed by atoms with Crippen molar-refractivity contribution in [3.05, 3.63) is 50.8 Å². The molecule has 0 unspecified atom stereocenters. The molecule has 0 spiro atoms. The summed E-state index contributed by atoms with van der Waals surface area (Å²) < 4.78 is 12.9. The highest BCUT2D eigenvalue weighted by Gasteiger charge is 2.41. The molecular formula is C23H27ClN2O4. The van der Waals surface area contributed by atoms with Crippen LogP contribution in [-0.2, 0) is 11.3 Å². The molecular weight excluding hydrogens is 404 g/mol. The van der Waals surface area contributed by atoms with Crippen molar-refractivity contribution in [3.63, 3.8) is 0 Å². The lowest BCUT2D eigenvalue weighted by atomic mass is 9.77. The number of hydrogen-bond acceptors (Lipinski definition) is 5. The van der Waals surface area contributed by atoms with Crippen LogP contribution in [0, 0.1) is 0 Å². The Kier molecular flexibility index (Phi) is 5.64. The SMILES string of the molecule is COCCCOc1cc2c(cc1Cl)-c1cc(=O)c(C(C)=O)cn1N(C1(C)CCC1)C2. The van der Waals surface area contributed by atoms with Gasteiger partial charge in [0.1, 0.15) is 5.75 Å². The number of nitrogens with zero attached hydrogens (tertiary/aromatic N) is 2. The van der Waals surface area contributed by atoms with Gasteiger partial charge in [-0.25, -0.2) is 0 Å². The smallest absolute Gasteiger partial charge is 0.193 e. The second kappa shape index (κ2) is 8.08. The predicted octanol–water partition coefficient (Wildman–Crippen LogP) is 4.18. The first-order valence-electron chi connectivity index (χ1n) is 10.3. The van der Waals surface area contributed by atoms with Gasteiger partial charge in [-0.1, -0.05) is 11.6 Å². The molecule has 1 aromatic heterocycles. The quantitative estimate of drug-likeness (QED) is 0.487. The van der Waals surface area contributed by atoms with E-state index in [4.69, 9.17) is 21.1 Å². The van der Waals surface area contributed by atoms with E-state index in [0.29, 0.717) is 30.5 Å². The van der Waals surface area contributed by atoms with Crippen LogP contribution in [0.15, 0.2) is 29.2 Å². The third-order valence-corrected chi connectivity index (χ3v) is 6.52. The standard InChI is InChI=1S/C23H27ClN2O4/c1-15(27)18-14-25-20(12-21(18)28)17-11-19(24)22(30-9-5-8-29-3)10-16(17)13-26(25)23(2)6-4-7-23/h10-12,14H,4-9,13H2,1-3H3. The van der Waals surface area contributed by atoms with Crippen LogP contribution in [0.25, 0.3) is 11.3 Å². The fourth-order valence-electron chi connectivity index (χ4n) is 4.28. The van der Waals surface area contributed by atoms with Crippen LogP contribution in [0.4, 0.5) is 0 Å². The molecule has 0 radical (unpaired) electrons. The minimum atomic E-state index is -0.267. The van der Waals surface area contributed by atoms with E-state index in [1.54, 1.807) is 19.4 Å². The number of rotatable bonds is 7. The second-order valence-electron chi connectivity index (χ2n) is 8.38. The molecule has 2 aromatic rings. The molecule has 1 aliphatic carbocycles. The first-order chi connectivity index (χ1) is 14.3. The number of carbonyl (C=O) groups excluding carboxylic acids is 1. The molecule has 1 saturated carbocycles. The largest absolute Gasteiger partial charge is 0.492 e. The zero-order chi connectivity index (χ0) is 21.5. The zero-order valence-electron chi connectivity index (χ0n) is 17.7. The monoisotopic (exact) mass is 430 g/mol. The fraction of sp³-hybridized carbons (Fsp3) is 0.478. The van der Waals surface area contributed by atoms with E-state index in [1.165, 1.54) is 13.3 Å². The fourth-order valence-corrected chi connectivity index (χ4v) is 4.50. The van der Waals surface area contributed by atoms with Crippen LogP contribution < -0.4 is 15.2 Å². The Balaban J connectivity index is 1.79. The van der Waals surface area contributed by atoms with E-state index in [1.807, 2.05) is 16.8 Å². The minimum absolute atomic E-state index is 0.0192. The third kappa shape index (κ3) is 3.63. The molecule has 1 aliphatic heterocycles. The van der Waals surface area contributed by atoms with Gasteiger partial charge >= 0.3 is 0 Å². The number of fused-ring (bicyclic) bond motifs is 3. The number of carbonyl (C=O) groups is 1. The topological polar surface area (TPSA) is 60.8 Å². The Morgan fingerprint density at radius 3 is 2.63 bits per heavy atom. The van der Waals surface area contributed by atoms with Gasteiger partial charge in [-0.05, 0) is 50.8 Å². The lowest BCUT2D eigenvalue weighted by Gasteiger charge is -2.52. The molecule has 2 aliphatic rings. The minimum Gasteiger partial charge on any atom is -0.492 e. The number of benzene rings is 1. The predicted molar refractivity (Wildman–Crippen MR) is 117 cm³/mol. The summed E-state index contributed by atoms with van der Waals surface area (Å²) in [4.78, 5) is 24.6. The van der Waals surface area contributed by atoms with Crippen LogP contribution in [0.5, 0.6) is 5.75 Å². The Bertz CT molecular complexity index is 1040. The van der Waals surface area contributed by atoms with Crippen molar-refractivity contribution in [2.24, 2.45) is 0 Å². The maximum absolute atomic E-state index is 12.6. The van der Waals surface area contributed by atoms with Crippen molar-refractivity contribution in [3.8, 4) is 17.0 Å². The lowest BCUT2D eigenvalue weighted by Crippen LogP contribution is -2.58. The number of hydrogen-bond donors (Lipinski definition) is 0. The average molecular weight is 431 g/mol. The van der Waals surface area contributed by atoms with Crippen molar-refractivity contribution >= 4 is 17.4 Å². The highest BCUT2D eigenvalue weighted by atomic mass is 35.5. The Morgan fingerprint density at radius 2 is 2.00 bits per heavy atom. The molecule has 4 rings (SSSR count). The third-order valence-electron chi connectivity index (χ3n) is 6.23. The summed E-state index contributed by atoms with van der Waals surface area (Å²) in [5.74, 6) is 0.416. The van der Waals surface area contributed by atoms with Gasteiger partial charge in [-0.3, -0.25) is 14.3 Å². The van der Waals surface area contributed by atoms with Crippen LogP contribution in [0.3, 0.4) is 0 Å². The molecule has 0 N–H and O–H groups in total. The van der Waals surface area contributed by atoms with Gasteiger partial charge in [0.25, 0.3) is 0 Å². The van der Waals surface area contributed by atoms with Crippen molar-refractivity contribution in [1.82, 2.24) is 4.68 Å². The first kappa shape index (κ1) is 20.9. The number of Topliss-reactive ketones (excluding diaryl/α,β-unsaturated/α-hetero) is 1. The van der Waals surface area contributed by atoms with E-state index >= 15 is 0 Å². The number of pyridine rings is 1. The van der Waals surface area contributed by atoms with Crippen LogP contribution in [0.2, 0.25) is 5.02 Å². The van der Waals surface area contributed by atoms with Crippen molar-refractivity contribution in [2.75, 3.05) is 25.3 Å². The highest BCUT2D eigenvalue weighted by Crippen LogP contribution is 2.43. The zero-order valence-corrected chi connectivity index (χ0v) is 18.4. The van der Waals surface area contributed by atoms with Crippen molar-refractivity contribution < 1.29 is 14.3 Å². The number of methoxy groups -OCH3 is 1. The van der Waals surface area contributed by atoms with E-state index in [-0.39, 0.29) is 22.3 Å². The second-order valence-corrected chi connectivity index (χ2v) is 8.79. The Labute approximate surface area is 181 Å². The van der Waals surface area contributed by atoms with Gasteiger partial charge in [0.05, 0.1) is 35.0 Å². The molecule has 0 amide bonds. The summed E-state index contributed by atoms with van der Waals surface area (Å²) in [6.07, 6.45) is 5.77. The molecule has 6 nitrogen and oxygen atoms in total. The molecule has 1 fully saturated rings. The van der Waals surface area contributed by atoms with E-state index in [9.17, 15) is 9.59 Å². The molecule has 0 saturated heterocycles. The summed E-state index contributed by atoms with van der Waals surface area (Å²) in [6, 6.07) is 5.40. The highest BCUT2D eigenvalue weighted by molar-refractivity contribution is 6.32. The number of ketones is 1. The Hall–Kier alpha value is -2.31. The van der Waals surface area contributed by atoms with E-state index < -0.39 is 0 Å². The van der Waals surface area contributed by atoms with Gasteiger partial charge in [0, 0.05) is 38.0 Å². The summed E-state index contributed by atoms with van der Waals surface area (Å²) in [5.41, 5.74) is 2.64. The molecule has 160 valence electrons. The molecule has 2 heterocycles. The van der Waals surface area contributed by atoms with Crippen LogP contribution >= 0.6 is 11.6 Å². The normalized spacial score (nSPS) is 16.5. The first-order valence-corrected chi connectivity index (χ1v) is 10.7. The summed E-state index contributed by atoms with van der Waals surface area (Å²) in [7, 11) is 1.67. The summed E-state index contributed by atoms with van der Waals surface area (Å²) in [6.45, 7) is 5.47. The molecule has 0 bridgehead atoms. The maximum atomic E-state index is 12.6. The molecule has 30 heavy (non-hydrogen) atoms. The molecule has 0 atom stereocenters. The van der Waals surface area contributed by atoms with Crippen LogP contribution in [-0.4, -0.2) is 36.3 Å². The van der Waals surface area contributed by atoms with Crippen LogP contribution in [0.1, 0.15) is 55.5 Å². The summed E-state index contributed by atoms with van der Waals surface area (Å²) in [5, 5.41) is 2.77. The van der Waals surface area contributed by atoms with E-state index in [2.05, 4.69) is 11.9 Å². The Morgan fingerprint density at radius 1 is 1.23 bits per heavy atom.